The summed E-state index contributed by atoms with van der Waals surface area (Å²) in [6.45, 7) is 8.26. The summed E-state index contributed by atoms with van der Waals surface area (Å²) < 4.78 is 0. The maximum absolute atomic E-state index is 12.3. The van der Waals surface area contributed by atoms with Crippen LogP contribution in [0.3, 0.4) is 0 Å². The number of carbonyl (C=O) groups is 1. The Morgan fingerprint density at radius 2 is 1.72 bits per heavy atom. The van der Waals surface area contributed by atoms with Crippen molar-refractivity contribution in [2.45, 2.75) is 20.3 Å². The zero-order chi connectivity index (χ0) is 17.6. The predicted molar refractivity (Wildman–Crippen MR) is 103 cm³/mol. The first kappa shape index (κ1) is 17.3. The first-order valence-corrected chi connectivity index (χ1v) is 9.02. The van der Waals surface area contributed by atoms with Crippen LogP contribution in [0.4, 0.5) is 10.5 Å². The van der Waals surface area contributed by atoms with Crippen molar-refractivity contribution in [3.8, 4) is 0 Å². The van der Waals surface area contributed by atoms with E-state index in [0.717, 1.165) is 32.6 Å². The molecule has 2 aromatic carbocycles. The smallest absolute Gasteiger partial charge is 0.317 e. The van der Waals surface area contributed by atoms with Gasteiger partial charge in [0.1, 0.15) is 0 Å². The van der Waals surface area contributed by atoms with Crippen molar-refractivity contribution in [2.24, 2.45) is 0 Å². The molecule has 1 N–H and O–H groups in total. The van der Waals surface area contributed by atoms with E-state index in [1.54, 1.807) is 0 Å². The Kier molecular flexibility index (Phi) is 5.59. The second-order valence-corrected chi connectivity index (χ2v) is 6.73. The molecule has 0 atom stereocenters. The number of hydrogen-bond acceptors (Lipinski definition) is 2. The molecule has 0 unspecified atom stereocenters. The highest BCUT2D eigenvalue weighted by Crippen LogP contribution is 2.22. The summed E-state index contributed by atoms with van der Waals surface area (Å²) >= 11 is 0. The van der Waals surface area contributed by atoms with Crippen molar-refractivity contribution >= 4 is 11.7 Å². The summed E-state index contributed by atoms with van der Waals surface area (Å²) in [5, 5.41) is 3.04. The van der Waals surface area contributed by atoms with E-state index in [1.165, 1.54) is 22.4 Å². The molecule has 0 radical (unpaired) electrons. The molecule has 2 aromatic rings. The molecule has 25 heavy (non-hydrogen) atoms. The standard InChI is InChI=1S/C21H27N3O/c1-17-8-9-20(18(2)16-17)23-12-14-24(15-13-23)21(25)22-11-10-19-6-4-3-5-7-19/h3-9,16H,10-15H2,1-2H3,(H,22,25). The highest BCUT2D eigenvalue weighted by atomic mass is 16.2. The van der Waals surface area contributed by atoms with Gasteiger partial charge in [-0.2, -0.15) is 0 Å². The van der Waals surface area contributed by atoms with Crippen LogP contribution in [0.5, 0.6) is 0 Å². The maximum Gasteiger partial charge on any atom is 0.317 e. The molecule has 1 aliphatic rings. The van der Waals surface area contributed by atoms with Crippen molar-refractivity contribution in [2.75, 3.05) is 37.6 Å². The first-order valence-electron chi connectivity index (χ1n) is 9.02. The topological polar surface area (TPSA) is 35.6 Å². The zero-order valence-corrected chi connectivity index (χ0v) is 15.2. The molecule has 4 nitrogen and oxygen atoms in total. The van der Waals surface area contributed by atoms with Gasteiger partial charge in [0.2, 0.25) is 0 Å². The van der Waals surface area contributed by atoms with Crippen LogP contribution in [0.25, 0.3) is 0 Å². The largest absolute Gasteiger partial charge is 0.368 e. The number of urea groups is 1. The minimum atomic E-state index is 0.0520. The summed E-state index contributed by atoms with van der Waals surface area (Å²) in [4.78, 5) is 16.6. The third-order valence-corrected chi connectivity index (χ3v) is 4.79. The zero-order valence-electron chi connectivity index (χ0n) is 15.2. The third-order valence-electron chi connectivity index (χ3n) is 4.79. The molecular weight excluding hydrogens is 310 g/mol. The lowest BCUT2D eigenvalue weighted by Crippen LogP contribution is -2.52. The fourth-order valence-electron chi connectivity index (χ4n) is 3.38. The summed E-state index contributed by atoms with van der Waals surface area (Å²) in [6, 6.07) is 16.9. The van der Waals surface area contributed by atoms with Crippen LogP contribution in [0.1, 0.15) is 16.7 Å². The SMILES string of the molecule is Cc1ccc(N2CCN(C(=O)NCCc3ccccc3)CC2)c(C)c1. The lowest BCUT2D eigenvalue weighted by atomic mass is 10.1. The number of nitrogens with zero attached hydrogens (tertiary/aromatic N) is 2. The summed E-state index contributed by atoms with van der Waals surface area (Å²) in [6.07, 6.45) is 0.870. The molecule has 1 heterocycles. The summed E-state index contributed by atoms with van der Waals surface area (Å²) in [5.41, 5.74) is 5.13. The van der Waals surface area contributed by atoms with Crippen molar-refractivity contribution in [3.63, 3.8) is 0 Å². The van der Waals surface area contributed by atoms with E-state index >= 15 is 0 Å². The van der Waals surface area contributed by atoms with E-state index < -0.39 is 0 Å². The second-order valence-electron chi connectivity index (χ2n) is 6.73. The minimum absolute atomic E-state index is 0.0520. The average Bonchev–Trinajstić information content (AvgIpc) is 2.63. The number of aryl methyl sites for hydroxylation is 2. The van der Waals surface area contributed by atoms with Gasteiger partial charge in [-0.1, -0.05) is 48.0 Å². The van der Waals surface area contributed by atoms with Crippen LogP contribution in [-0.4, -0.2) is 43.7 Å². The van der Waals surface area contributed by atoms with Crippen LogP contribution in [0, 0.1) is 13.8 Å². The molecular formula is C21H27N3O. The van der Waals surface area contributed by atoms with Gasteiger partial charge in [0, 0.05) is 38.4 Å². The molecule has 1 aliphatic heterocycles. The lowest BCUT2D eigenvalue weighted by Gasteiger charge is -2.36. The number of piperazine rings is 1. The van der Waals surface area contributed by atoms with Crippen LogP contribution in [0.15, 0.2) is 48.5 Å². The Hall–Kier alpha value is -2.49. The van der Waals surface area contributed by atoms with Gasteiger partial charge < -0.3 is 15.1 Å². The van der Waals surface area contributed by atoms with E-state index in [0.29, 0.717) is 6.54 Å². The van der Waals surface area contributed by atoms with Crippen LogP contribution < -0.4 is 10.2 Å². The van der Waals surface area contributed by atoms with Gasteiger partial charge in [0.15, 0.2) is 0 Å². The number of rotatable bonds is 4. The van der Waals surface area contributed by atoms with Gasteiger partial charge in [-0.05, 0) is 37.5 Å². The Balaban J connectivity index is 1.46. The molecule has 0 aliphatic carbocycles. The number of nitrogens with one attached hydrogen (secondary N) is 1. The fourth-order valence-corrected chi connectivity index (χ4v) is 3.38. The van der Waals surface area contributed by atoms with Gasteiger partial charge in [0.25, 0.3) is 0 Å². The molecule has 1 saturated heterocycles. The maximum atomic E-state index is 12.3. The average molecular weight is 337 g/mol. The van der Waals surface area contributed by atoms with E-state index in [9.17, 15) is 4.79 Å². The van der Waals surface area contributed by atoms with Crippen LogP contribution >= 0.6 is 0 Å². The molecule has 0 saturated carbocycles. The van der Waals surface area contributed by atoms with E-state index in [1.807, 2.05) is 23.1 Å². The molecule has 1 fully saturated rings. The molecule has 0 spiro atoms. The Bertz CT molecular complexity index is 706. The summed E-state index contributed by atoms with van der Waals surface area (Å²) in [7, 11) is 0. The van der Waals surface area contributed by atoms with Crippen LogP contribution in [-0.2, 0) is 6.42 Å². The van der Waals surface area contributed by atoms with Crippen molar-refractivity contribution < 1.29 is 4.79 Å². The highest BCUT2D eigenvalue weighted by molar-refractivity contribution is 5.74. The lowest BCUT2D eigenvalue weighted by molar-refractivity contribution is 0.194. The minimum Gasteiger partial charge on any atom is -0.368 e. The Morgan fingerprint density at radius 1 is 1.00 bits per heavy atom. The van der Waals surface area contributed by atoms with E-state index in [-0.39, 0.29) is 6.03 Å². The molecule has 132 valence electrons. The highest BCUT2D eigenvalue weighted by Gasteiger charge is 2.21. The fraction of sp³-hybridized carbons (Fsp3) is 0.381. The number of carbonyl (C=O) groups excluding carboxylic acids is 1. The quantitative estimate of drug-likeness (QED) is 0.928. The number of amides is 2. The normalized spacial score (nSPS) is 14.5. The van der Waals surface area contributed by atoms with Crippen molar-refractivity contribution in [1.29, 1.82) is 0 Å². The third kappa shape index (κ3) is 4.53. The first-order chi connectivity index (χ1) is 12.1. The molecule has 0 bridgehead atoms. The Labute approximate surface area is 150 Å². The number of benzene rings is 2. The molecule has 0 aromatic heterocycles. The number of anilines is 1. The Morgan fingerprint density at radius 3 is 2.40 bits per heavy atom. The predicted octanol–water partition coefficient (Wildman–Crippen LogP) is 3.38. The molecule has 4 heteroatoms. The van der Waals surface area contributed by atoms with Gasteiger partial charge in [0.05, 0.1) is 0 Å². The molecule has 2 amide bonds. The van der Waals surface area contributed by atoms with Gasteiger partial charge >= 0.3 is 6.03 Å². The van der Waals surface area contributed by atoms with E-state index in [4.69, 9.17) is 0 Å². The van der Waals surface area contributed by atoms with Gasteiger partial charge in [-0.25, -0.2) is 4.79 Å². The monoisotopic (exact) mass is 337 g/mol. The second kappa shape index (κ2) is 8.06. The van der Waals surface area contributed by atoms with Crippen molar-refractivity contribution in [3.05, 3.63) is 65.2 Å². The van der Waals surface area contributed by atoms with Gasteiger partial charge in [-0.3, -0.25) is 0 Å². The summed E-state index contributed by atoms with van der Waals surface area (Å²) in [5.74, 6) is 0. The van der Waals surface area contributed by atoms with Crippen molar-refractivity contribution in [1.82, 2.24) is 10.2 Å². The van der Waals surface area contributed by atoms with Crippen LogP contribution in [0.2, 0.25) is 0 Å². The number of hydrogen-bond donors (Lipinski definition) is 1. The van der Waals surface area contributed by atoms with E-state index in [2.05, 4.69) is 54.4 Å². The van der Waals surface area contributed by atoms with Gasteiger partial charge in [-0.15, -0.1) is 0 Å². The molecule has 3 rings (SSSR count).